The van der Waals surface area contributed by atoms with Crippen molar-refractivity contribution < 1.29 is 29.3 Å². The molecule has 3 rings (SSSR count). The molecular weight excluding hydrogens is 527 g/mol. The van der Waals surface area contributed by atoms with Crippen molar-refractivity contribution in [2.45, 2.75) is 43.9 Å². The number of aliphatic hydroxyl groups excluding tert-OH is 2. The molecule has 2 aliphatic rings. The third-order valence-corrected chi connectivity index (χ3v) is 6.60. The van der Waals surface area contributed by atoms with E-state index in [9.17, 15) is 14.7 Å². The number of carbonyl (C=O) groups excluding carboxylic acids is 2. The highest BCUT2D eigenvalue weighted by molar-refractivity contribution is 14.1. The minimum absolute atomic E-state index is 0.104. The van der Waals surface area contributed by atoms with Crippen LogP contribution in [0, 0.1) is 9.49 Å². The zero-order valence-electron chi connectivity index (χ0n) is 18.2. The Hall–Kier alpha value is -1.69. The van der Waals surface area contributed by atoms with Gasteiger partial charge in [0, 0.05) is 32.2 Å². The molecule has 2 amide bonds. The fraction of sp³-hybridized carbons (Fsp3) is 0.565. The lowest BCUT2D eigenvalue weighted by molar-refractivity contribution is -0.139. The number of nitrogens with one attached hydrogen (secondary N) is 1. The van der Waals surface area contributed by atoms with Crippen LogP contribution in [-0.4, -0.2) is 78.6 Å². The number of benzene rings is 1. The van der Waals surface area contributed by atoms with Gasteiger partial charge in [-0.05, 0) is 59.6 Å². The summed E-state index contributed by atoms with van der Waals surface area (Å²) in [5.41, 5.74) is 0.435. The molecule has 0 heterocycles. The van der Waals surface area contributed by atoms with Crippen LogP contribution in [-0.2, 0) is 14.3 Å². The maximum Gasteiger partial charge on any atom is 0.247 e. The van der Waals surface area contributed by atoms with E-state index in [1.165, 1.54) is 0 Å². The van der Waals surface area contributed by atoms with Crippen LogP contribution in [0.5, 0.6) is 5.75 Å². The van der Waals surface area contributed by atoms with Gasteiger partial charge in [-0.15, -0.1) is 0 Å². The molecular formula is C23H31IN2O6. The lowest BCUT2D eigenvalue weighted by atomic mass is 9.87. The Morgan fingerprint density at radius 1 is 1.28 bits per heavy atom. The number of nitrogens with zero attached hydrogens (tertiary/aromatic N) is 1. The molecule has 0 radical (unpaired) electrons. The second kappa shape index (κ2) is 12.0. The normalized spacial score (nSPS) is 22.8. The molecule has 0 aromatic heterocycles. The molecule has 0 spiro atoms. The summed E-state index contributed by atoms with van der Waals surface area (Å²) in [4.78, 5) is 27.4. The van der Waals surface area contributed by atoms with Gasteiger partial charge in [-0.1, -0.05) is 12.1 Å². The molecule has 1 aromatic carbocycles. The minimum atomic E-state index is -0.995. The van der Waals surface area contributed by atoms with Crippen molar-refractivity contribution in [3.05, 3.63) is 39.5 Å². The summed E-state index contributed by atoms with van der Waals surface area (Å²) >= 11 is 2.16. The summed E-state index contributed by atoms with van der Waals surface area (Å²) < 4.78 is 12.1. The molecule has 9 heteroatoms. The first-order chi connectivity index (χ1) is 15.4. The number of hydrogen-bond donors (Lipinski definition) is 3. The SMILES string of the molecule is COCCC(=O)N(CC1CC1)[C@@H]1CC(C(=O)NCCO)=C[C@H](Oc2ccccc2I)[C@H]1O. The van der Waals surface area contributed by atoms with E-state index in [1.807, 2.05) is 24.3 Å². The zero-order valence-corrected chi connectivity index (χ0v) is 20.4. The minimum Gasteiger partial charge on any atom is -0.482 e. The molecule has 0 saturated heterocycles. The quantitative estimate of drug-likeness (QED) is 0.356. The number of methoxy groups -OCH3 is 1. The summed E-state index contributed by atoms with van der Waals surface area (Å²) in [6.07, 6.45) is 2.38. The van der Waals surface area contributed by atoms with Crippen LogP contribution < -0.4 is 10.1 Å². The van der Waals surface area contributed by atoms with E-state index >= 15 is 0 Å². The van der Waals surface area contributed by atoms with E-state index < -0.39 is 18.2 Å². The van der Waals surface area contributed by atoms with Crippen LogP contribution in [0.4, 0.5) is 0 Å². The Morgan fingerprint density at radius 2 is 2.03 bits per heavy atom. The molecule has 1 aromatic rings. The highest BCUT2D eigenvalue weighted by Gasteiger charge is 2.42. The maximum absolute atomic E-state index is 13.0. The summed E-state index contributed by atoms with van der Waals surface area (Å²) in [6, 6.07) is 6.85. The van der Waals surface area contributed by atoms with Crippen molar-refractivity contribution in [1.29, 1.82) is 0 Å². The third kappa shape index (κ3) is 6.66. The van der Waals surface area contributed by atoms with Gasteiger partial charge in [0.05, 0.1) is 29.2 Å². The van der Waals surface area contributed by atoms with E-state index in [0.29, 0.717) is 30.4 Å². The Balaban J connectivity index is 1.88. The molecule has 0 unspecified atom stereocenters. The number of halogens is 1. The Kier molecular flexibility index (Phi) is 9.33. The van der Waals surface area contributed by atoms with Crippen LogP contribution >= 0.6 is 22.6 Å². The van der Waals surface area contributed by atoms with Gasteiger partial charge in [-0.2, -0.15) is 0 Å². The van der Waals surface area contributed by atoms with Gasteiger partial charge >= 0.3 is 0 Å². The number of amides is 2. The first kappa shape index (κ1) is 24.9. The number of para-hydroxylation sites is 1. The van der Waals surface area contributed by atoms with Crippen molar-refractivity contribution in [2.75, 3.05) is 33.4 Å². The van der Waals surface area contributed by atoms with Gasteiger partial charge in [0.2, 0.25) is 11.8 Å². The van der Waals surface area contributed by atoms with Crippen LogP contribution in [0.1, 0.15) is 25.7 Å². The number of ether oxygens (including phenoxy) is 2. The lowest BCUT2D eigenvalue weighted by Crippen LogP contribution is -2.55. The zero-order chi connectivity index (χ0) is 23.1. The van der Waals surface area contributed by atoms with E-state index in [2.05, 4.69) is 27.9 Å². The van der Waals surface area contributed by atoms with Crippen molar-refractivity contribution in [3.8, 4) is 5.75 Å². The predicted octanol–water partition coefficient (Wildman–Crippen LogP) is 1.48. The largest absolute Gasteiger partial charge is 0.482 e. The summed E-state index contributed by atoms with van der Waals surface area (Å²) in [6.45, 7) is 0.802. The Morgan fingerprint density at radius 3 is 2.69 bits per heavy atom. The van der Waals surface area contributed by atoms with Crippen LogP contribution in [0.25, 0.3) is 0 Å². The maximum atomic E-state index is 13.0. The number of rotatable bonds is 11. The van der Waals surface area contributed by atoms with Gasteiger partial charge in [0.1, 0.15) is 18.0 Å². The lowest BCUT2D eigenvalue weighted by Gasteiger charge is -2.40. The van der Waals surface area contributed by atoms with Crippen molar-refractivity contribution >= 4 is 34.4 Å². The predicted molar refractivity (Wildman–Crippen MR) is 127 cm³/mol. The van der Waals surface area contributed by atoms with Crippen LogP contribution in [0.2, 0.25) is 0 Å². The number of carbonyl (C=O) groups is 2. The standard InChI is InChI=1S/C23H31IN2O6/c1-31-11-8-21(28)26(14-15-6-7-15)18-12-16(23(30)25-9-10-27)13-20(22(18)29)32-19-5-3-2-4-17(19)24/h2-5,13,15,18,20,22,27,29H,6-12,14H2,1H3,(H,25,30)/t18-,20+,22+/m1/s1. The van der Waals surface area contributed by atoms with Gasteiger partial charge in [-0.25, -0.2) is 0 Å². The molecule has 8 nitrogen and oxygen atoms in total. The molecule has 3 N–H and O–H groups in total. The first-order valence-corrected chi connectivity index (χ1v) is 12.0. The molecule has 0 bridgehead atoms. The monoisotopic (exact) mass is 558 g/mol. The second-order valence-electron chi connectivity index (χ2n) is 8.18. The van der Waals surface area contributed by atoms with Crippen molar-refractivity contribution in [2.24, 2.45) is 5.92 Å². The molecule has 176 valence electrons. The second-order valence-corrected chi connectivity index (χ2v) is 9.34. The van der Waals surface area contributed by atoms with Gasteiger partial charge in [-0.3, -0.25) is 9.59 Å². The van der Waals surface area contributed by atoms with Gasteiger partial charge in [0.25, 0.3) is 0 Å². The van der Waals surface area contributed by atoms with Crippen molar-refractivity contribution in [3.63, 3.8) is 0 Å². The van der Waals surface area contributed by atoms with Crippen LogP contribution in [0.15, 0.2) is 35.9 Å². The molecule has 0 aliphatic heterocycles. The number of aliphatic hydroxyl groups is 2. The molecule has 2 aliphatic carbocycles. The van der Waals surface area contributed by atoms with E-state index in [1.54, 1.807) is 18.1 Å². The Labute approximate surface area is 202 Å². The first-order valence-electron chi connectivity index (χ1n) is 10.9. The number of hydrogen-bond acceptors (Lipinski definition) is 6. The van der Waals surface area contributed by atoms with E-state index in [0.717, 1.165) is 16.4 Å². The van der Waals surface area contributed by atoms with Crippen LogP contribution in [0.3, 0.4) is 0 Å². The van der Waals surface area contributed by atoms with E-state index in [-0.39, 0.29) is 37.8 Å². The fourth-order valence-electron chi connectivity index (χ4n) is 3.80. The topological polar surface area (TPSA) is 108 Å². The molecule has 1 fully saturated rings. The van der Waals surface area contributed by atoms with Gasteiger partial charge in [0.15, 0.2) is 0 Å². The average molecular weight is 558 g/mol. The third-order valence-electron chi connectivity index (χ3n) is 5.71. The summed E-state index contributed by atoms with van der Waals surface area (Å²) in [5, 5.41) is 23.0. The van der Waals surface area contributed by atoms with E-state index in [4.69, 9.17) is 14.6 Å². The smallest absolute Gasteiger partial charge is 0.247 e. The average Bonchev–Trinajstić information content (AvgIpc) is 3.61. The molecule has 32 heavy (non-hydrogen) atoms. The Bertz CT molecular complexity index is 828. The highest BCUT2D eigenvalue weighted by atomic mass is 127. The molecule has 1 saturated carbocycles. The highest BCUT2D eigenvalue weighted by Crippen LogP contribution is 2.34. The van der Waals surface area contributed by atoms with Crippen molar-refractivity contribution in [1.82, 2.24) is 10.2 Å². The fourth-order valence-corrected chi connectivity index (χ4v) is 4.31. The molecule has 3 atom stereocenters. The van der Waals surface area contributed by atoms with Gasteiger partial charge < -0.3 is 29.9 Å². The summed E-state index contributed by atoms with van der Waals surface area (Å²) in [5.74, 6) is 0.584. The summed E-state index contributed by atoms with van der Waals surface area (Å²) in [7, 11) is 1.55.